The number of hydrogen-bond acceptors (Lipinski definition) is 3. The summed E-state index contributed by atoms with van der Waals surface area (Å²) in [6.45, 7) is 0.420. The van der Waals surface area contributed by atoms with Crippen molar-refractivity contribution in [3.8, 4) is 0 Å². The smallest absolute Gasteiger partial charge is 0.228 e. The molecule has 2 amide bonds. The number of aromatic amines is 1. The second-order valence-electron chi connectivity index (χ2n) is 5.15. The van der Waals surface area contributed by atoms with E-state index >= 15 is 0 Å². The van der Waals surface area contributed by atoms with Crippen LogP contribution in [0.1, 0.15) is 23.6 Å². The monoisotopic (exact) mass is 302 g/mol. The lowest BCUT2D eigenvalue weighted by atomic mass is 9.89. The Labute approximate surface area is 126 Å². The summed E-state index contributed by atoms with van der Waals surface area (Å²) in [7, 11) is 0. The number of nitrogens with one attached hydrogen (secondary N) is 3. The van der Waals surface area contributed by atoms with Crippen molar-refractivity contribution in [1.29, 1.82) is 0 Å². The van der Waals surface area contributed by atoms with E-state index in [1.54, 1.807) is 12.5 Å². The number of benzene rings is 1. The standard InChI is InChI=1S/C15H15FN4O2/c16-9-1-2-13-11(5-9)12(6-14(21)20-13)15(22)18-4-3-10-7-17-8-19-10/h1-2,5,7-8,12H,3-4,6H2,(H,17,19)(H,18,22)(H,20,21)/t12-/m1/s1. The highest BCUT2D eigenvalue weighted by molar-refractivity contribution is 6.01. The predicted octanol–water partition coefficient (Wildman–Crippen LogP) is 1.33. The minimum atomic E-state index is -0.666. The molecule has 0 aliphatic carbocycles. The van der Waals surface area contributed by atoms with Crippen LogP contribution >= 0.6 is 0 Å². The first-order valence-corrected chi connectivity index (χ1v) is 6.98. The van der Waals surface area contributed by atoms with Crippen LogP contribution in [0.4, 0.5) is 10.1 Å². The number of carbonyl (C=O) groups is 2. The number of halogens is 1. The molecule has 0 saturated heterocycles. The highest BCUT2D eigenvalue weighted by atomic mass is 19.1. The van der Waals surface area contributed by atoms with Gasteiger partial charge in [0.1, 0.15) is 5.82 Å². The van der Waals surface area contributed by atoms with Gasteiger partial charge < -0.3 is 15.6 Å². The molecule has 3 rings (SSSR count). The van der Waals surface area contributed by atoms with Crippen molar-refractivity contribution in [3.63, 3.8) is 0 Å². The van der Waals surface area contributed by atoms with Crippen molar-refractivity contribution in [2.45, 2.75) is 18.8 Å². The molecule has 0 saturated carbocycles. The van der Waals surface area contributed by atoms with Crippen LogP contribution in [0.3, 0.4) is 0 Å². The Hall–Kier alpha value is -2.70. The summed E-state index contributed by atoms with van der Waals surface area (Å²) in [6.07, 6.45) is 3.89. The zero-order valence-electron chi connectivity index (χ0n) is 11.7. The first-order valence-electron chi connectivity index (χ1n) is 6.98. The van der Waals surface area contributed by atoms with E-state index in [0.29, 0.717) is 24.2 Å². The summed E-state index contributed by atoms with van der Waals surface area (Å²) in [5.74, 6) is -1.61. The third kappa shape index (κ3) is 2.98. The fraction of sp³-hybridized carbons (Fsp3) is 0.267. The van der Waals surface area contributed by atoms with Gasteiger partial charge in [0.25, 0.3) is 0 Å². The molecule has 2 aromatic rings. The molecular formula is C15H15FN4O2. The molecule has 114 valence electrons. The molecule has 6 nitrogen and oxygen atoms in total. The van der Waals surface area contributed by atoms with Crippen molar-refractivity contribution in [3.05, 3.63) is 47.8 Å². The molecule has 7 heteroatoms. The molecular weight excluding hydrogens is 287 g/mol. The lowest BCUT2D eigenvalue weighted by molar-refractivity contribution is -0.126. The number of carbonyl (C=O) groups excluding carboxylic acids is 2. The Morgan fingerprint density at radius 1 is 1.45 bits per heavy atom. The molecule has 2 heterocycles. The van der Waals surface area contributed by atoms with Gasteiger partial charge in [0.15, 0.2) is 0 Å². The van der Waals surface area contributed by atoms with Crippen LogP contribution in [0.5, 0.6) is 0 Å². The van der Waals surface area contributed by atoms with Gasteiger partial charge in [-0.05, 0) is 23.8 Å². The zero-order chi connectivity index (χ0) is 15.5. The Balaban J connectivity index is 1.69. The van der Waals surface area contributed by atoms with Gasteiger partial charge in [-0.2, -0.15) is 0 Å². The molecule has 3 N–H and O–H groups in total. The van der Waals surface area contributed by atoms with E-state index in [0.717, 1.165) is 5.69 Å². The van der Waals surface area contributed by atoms with Gasteiger partial charge in [0, 0.05) is 37.0 Å². The molecule has 0 radical (unpaired) electrons. The van der Waals surface area contributed by atoms with Crippen LogP contribution in [0.25, 0.3) is 0 Å². The maximum Gasteiger partial charge on any atom is 0.228 e. The minimum absolute atomic E-state index is 0.0202. The van der Waals surface area contributed by atoms with Gasteiger partial charge in [-0.25, -0.2) is 9.37 Å². The van der Waals surface area contributed by atoms with Crippen LogP contribution in [0.2, 0.25) is 0 Å². The van der Waals surface area contributed by atoms with Crippen molar-refractivity contribution < 1.29 is 14.0 Å². The molecule has 0 unspecified atom stereocenters. The summed E-state index contributed by atoms with van der Waals surface area (Å²) >= 11 is 0. The van der Waals surface area contributed by atoms with Crippen molar-refractivity contribution in [2.75, 3.05) is 11.9 Å². The van der Waals surface area contributed by atoms with E-state index in [4.69, 9.17) is 0 Å². The molecule has 1 aromatic carbocycles. The number of anilines is 1. The van der Waals surface area contributed by atoms with Crippen molar-refractivity contribution in [2.24, 2.45) is 0 Å². The van der Waals surface area contributed by atoms with E-state index in [1.165, 1.54) is 18.2 Å². The average molecular weight is 302 g/mol. The second-order valence-corrected chi connectivity index (χ2v) is 5.15. The number of amides is 2. The van der Waals surface area contributed by atoms with Gasteiger partial charge in [0.2, 0.25) is 11.8 Å². The summed E-state index contributed by atoms with van der Waals surface area (Å²) in [4.78, 5) is 30.8. The van der Waals surface area contributed by atoms with Gasteiger partial charge in [0.05, 0.1) is 12.2 Å². The molecule has 0 bridgehead atoms. The van der Waals surface area contributed by atoms with E-state index in [9.17, 15) is 14.0 Å². The van der Waals surface area contributed by atoms with Gasteiger partial charge in [-0.15, -0.1) is 0 Å². The Morgan fingerprint density at radius 3 is 3.09 bits per heavy atom. The molecule has 1 aromatic heterocycles. The number of hydrogen-bond donors (Lipinski definition) is 3. The third-order valence-corrected chi connectivity index (χ3v) is 3.62. The second kappa shape index (κ2) is 5.97. The first-order chi connectivity index (χ1) is 10.6. The molecule has 0 spiro atoms. The normalized spacial score (nSPS) is 16.8. The SMILES string of the molecule is O=C1C[C@@H](C(=O)NCCc2cnc[nH]2)c2cc(F)ccc2N1. The quantitative estimate of drug-likeness (QED) is 0.796. The maximum absolute atomic E-state index is 13.4. The number of aromatic nitrogens is 2. The summed E-state index contributed by atoms with van der Waals surface area (Å²) in [6, 6.07) is 4.04. The van der Waals surface area contributed by atoms with Crippen LogP contribution in [-0.2, 0) is 16.0 Å². The third-order valence-electron chi connectivity index (χ3n) is 3.62. The number of fused-ring (bicyclic) bond motifs is 1. The molecule has 0 fully saturated rings. The number of nitrogens with zero attached hydrogens (tertiary/aromatic N) is 1. The Morgan fingerprint density at radius 2 is 2.32 bits per heavy atom. The lowest BCUT2D eigenvalue weighted by Crippen LogP contribution is -2.36. The van der Waals surface area contributed by atoms with Crippen LogP contribution < -0.4 is 10.6 Å². The molecule has 1 aliphatic rings. The summed E-state index contributed by atoms with van der Waals surface area (Å²) < 4.78 is 13.4. The van der Waals surface area contributed by atoms with Gasteiger partial charge in [-0.1, -0.05) is 0 Å². The predicted molar refractivity (Wildman–Crippen MR) is 77.7 cm³/mol. The summed E-state index contributed by atoms with van der Waals surface area (Å²) in [5.41, 5.74) is 1.91. The van der Waals surface area contributed by atoms with Crippen LogP contribution in [-0.4, -0.2) is 28.3 Å². The average Bonchev–Trinajstić information content (AvgIpc) is 3.00. The van der Waals surface area contributed by atoms with E-state index in [2.05, 4.69) is 20.6 Å². The van der Waals surface area contributed by atoms with Gasteiger partial charge >= 0.3 is 0 Å². The zero-order valence-corrected chi connectivity index (χ0v) is 11.7. The maximum atomic E-state index is 13.4. The highest BCUT2D eigenvalue weighted by Gasteiger charge is 2.30. The number of rotatable bonds is 4. The van der Waals surface area contributed by atoms with Crippen LogP contribution in [0, 0.1) is 5.82 Å². The lowest BCUT2D eigenvalue weighted by Gasteiger charge is -2.24. The Kier molecular flexibility index (Phi) is 3.86. The van der Waals surface area contributed by atoms with Gasteiger partial charge in [-0.3, -0.25) is 9.59 Å². The van der Waals surface area contributed by atoms with E-state index in [1.807, 2.05) is 0 Å². The van der Waals surface area contributed by atoms with E-state index < -0.39 is 11.7 Å². The highest BCUT2D eigenvalue weighted by Crippen LogP contribution is 2.32. The minimum Gasteiger partial charge on any atom is -0.355 e. The summed E-state index contributed by atoms with van der Waals surface area (Å²) in [5, 5.41) is 5.43. The van der Waals surface area contributed by atoms with E-state index in [-0.39, 0.29) is 18.2 Å². The molecule has 22 heavy (non-hydrogen) atoms. The van der Waals surface area contributed by atoms with Crippen molar-refractivity contribution >= 4 is 17.5 Å². The largest absolute Gasteiger partial charge is 0.355 e. The fourth-order valence-electron chi connectivity index (χ4n) is 2.53. The molecule has 1 atom stereocenters. The fourth-order valence-corrected chi connectivity index (χ4v) is 2.53. The Bertz CT molecular complexity index is 700. The first kappa shape index (κ1) is 14.2. The molecule has 1 aliphatic heterocycles. The van der Waals surface area contributed by atoms with Crippen LogP contribution in [0.15, 0.2) is 30.7 Å². The number of H-pyrrole nitrogens is 1. The number of imidazole rings is 1. The topological polar surface area (TPSA) is 86.9 Å². The van der Waals surface area contributed by atoms with Crippen molar-refractivity contribution in [1.82, 2.24) is 15.3 Å².